The van der Waals surface area contributed by atoms with E-state index in [9.17, 15) is 13.6 Å². The number of ether oxygens (including phenoxy) is 2. The Balaban J connectivity index is 0.00000127. The first-order valence-electron chi connectivity index (χ1n) is 7.17. The van der Waals surface area contributed by atoms with Crippen LogP contribution in [0, 0.1) is 11.6 Å². The first-order valence-corrected chi connectivity index (χ1v) is 7.17. The van der Waals surface area contributed by atoms with Crippen LogP contribution in [-0.2, 0) is 4.74 Å². The van der Waals surface area contributed by atoms with Crippen LogP contribution in [0.2, 0.25) is 0 Å². The molecule has 5 nitrogen and oxygen atoms in total. The Kier molecular flexibility index (Phi) is 7.34. The second kappa shape index (κ2) is 8.99. The SMILES string of the molecule is CC.COCCCOc1cc(C(=O)O)nc2cc(F)c(F)cc12. The Labute approximate surface area is 132 Å². The van der Waals surface area contributed by atoms with Gasteiger partial charge in [0.1, 0.15) is 5.75 Å². The second-order valence-electron chi connectivity index (χ2n) is 4.29. The van der Waals surface area contributed by atoms with Crippen molar-refractivity contribution in [3.05, 3.63) is 35.5 Å². The van der Waals surface area contributed by atoms with Crippen LogP contribution in [0.25, 0.3) is 10.9 Å². The van der Waals surface area contributed by atoms with Crippen LogP contribution in [0.15, 0.2) is 18.2 Å². The molecule has 7 heteroatoms. The van der Waals surface area contributed by atoms with Gasteiger partial charge in [-0.15, -0.1) is 0 Å². The van der Waals surface area contributed by atoms with E-state index in [0.29, 0.717) is 13.0 Å². The molecule has 2 aromatic rings. The number of fused-ring (bicyclic) bond motifs is 1. The van der Waals surface area contributed by atoms with E-state index in [1.165, 1.54) is 6.07 Å². The number of pyridine rings is 1. The van der Waals surface area contributed by atoms with Crippen molar-refractivity contribution in [2.45, 2.75) is 20.3 Å². The zero-order chi connectivity index (χ0) is 17.4. The molecule has 2 rings (SSSR count). The van der Waals surface area contributed by atoms with Crippen LogP contribution in [0.1, 0.15) is 30.8 Å². The Hall–Kier alpha value is -2.28. The van der Waals surface area contributed by atoms with Gasteiger partial charge in [-0.25, -0.2) is 18.6 Å². The van der Waals surface area contributed by atoms with Crippen LogP contribution in [0.5, 0.6) is 5.75 Å². The lowest BCUT2D eigenvalue weighted by molar-refractivity contribution is 0.0690. The van der Waals surface area contributed by atoms with E-state index in [4.69, 9.17) is 14.6 Å². The van der Waals surface area contributed by atoms with E-state index < -0.39 is 17.6 Å². The first-order chi connectivity index (χ1) is 11.0. The van der Waals surface area contributed by atoms with Crippen molar-refractivity contribution in [3.8, 4) is 5.75 Å². The van der Waals surface area contributed by atoms with Crippen molar-refractivity contribution in [1.29, 1.82) is 0 Å². The van der Waals surface area contributed by atoms with E-state index in [2.05, 4.69) is 4.98 Å². The van der Waals surface area contributed by atoms with Crippen molar-refractivity contribution < 1.29 is 28.2 Å². The molecule has 0 amide bonds. The lowest BCUT2D eigenvalue weighted by Gasteiger charge is -2.10. The molecular weight excluding hydrogens is 308 g/mol. The maximum absolute atomic E-state index is 13.3. The van der Waals surface area contributed by atoms with Gasteiger partial charge in [0.2, 0.25) is 0 Å². The third kappa shape index (κ3) is 4.85. The fraction of sp³-hybridized carbons (Fsp3) is 0.375. The second-order valence-corrected chi connectivity index (χ2v) is 4.29. The van der Waals surface area contributed by atoms with E-state index in [-0.39, 0.29) is 29.0 Å². The molecule has 0 radical (unpaired) electrons. The largest absolute Gasteiger partial charge is 0.493 e. The third-order valence-corrected chi connectivity index (χ3v) is 2.78. The molecule has 0 spiro atoms. The number of benzene rings is 1. The number of carboxylic acids is 1. The predicted molar refractivity (Wildman–Crippen MR) is 82.0 cm³/mol. The summed E-state index contributed by atoms with van der Waals surface area (Å²) in [5.41, 5.74) is -0.272. The molecule has 0 aliphatic rings. The van der Waals surface area contributed by atoms with Crippen molar-refractivity contribution >= 4 is 16.9 Å². The zero-order valence-electron chi connectivity index (χ0n) is 13.2. The first kappa shape index (κ1) is 18.8. The molecule has 1 aromatic carbocycles. The summed E-state index contributed by atoms with van der Waals surface area (Å²) in [5, 5.41) is 9.22. The fourth-order valence-corrected chi connectivity index (χ4v) is 1.80. The number of halogens is 2. The Morgan fingerprint density at radius 3 is 2.43 bits per heavy atom. The maximum atomic E-state index is 13.3. The zero-order valence-corrected chi connectivity index (χ0v) is 13.2. The Bertz CT molecular complexity index is 677. The number of hydrogen-bond acceptors (Lipinski definition) is 4. The molecule has 0 aliphatic heterocycles. The van der Waals surface area contributed by atoms with E-state index in [1.54, 1.807) is 7.11 Å². The highest BCUT2D eigenvalue weighted by Crippen LogP contribution is 2.27. The van der Waals surface area contributed by atoms with E-state index in [1.807, 2.05) is 13.8 Å². The highest BCUT2D eigenvalue weighted by Gasteiger charge is 2.15. The molecule has 0 saturated heterocycles. The molecule has 23 heavy (non-hydrogen) atoms. The van der Waals surface area contributed by atoms with Crippen LogP contribution in [0.3, 0.4) is 0 Å². The van der Waals surface area contributed by atoms with Gasteiger partial charge in [-0.05, 0) is 6.07 Å². The van der Waals surface area contributed by atoms with Crippen molar-refractivity contribution in [2.24, 2.45) is 0 Å². The summed E-state index contributed by atoms with van der Waals surface area (Å²) in [6.45, 7) is 4.73. The van der Waals surface area contributed by atoms with Gasteiger partial charge < -0.3 is 14.6 Å². The van der Waals surface area contributed by atoms with Gasteiger partial charge in [-0.1, -0.05) is 13.8 Å². The Morgan fingerprint density at radius 2 is 1.83 bits per heavy atom. The summed E-state index contributed by atoms with van der Waals surface area (Å²) in [7, 11) is 1.54. The fourth-order valence-electron chi connectivity index (χ4n) is 1.80. The number of carbonyl (C=O) groups is 1. The molecule has 0 atom stereocenters. The summed E-state index contributed by atoms with van der Waals surface area (Å²) >= 11 is 0. The molecule has 1 aromatic heterocycles. The highest BCUT2D eigenvalue weighted by molar-refractivity contribution is 5.93. The van der Waals surface area contributed by atoms with Gasteiger partial charge in [0.15, 0.2) is 17.3 Å². The summed E-state index contributed by atoms with van der Waals surface area (Å²) in [6.07, 6.45) is 0.576. The van der Waals surface area contributed by atoms with Gasteiger partial charge in [-0.3, -0.25) is 0 Å². The van der Waals surface area contributed by atoms with Crippen LogP contribution in [-0.4, -0.2) is 36.4 Å². The molecule has 126 valence electrons. The molecule has 0 bridgehead atoms. The molecule has 0 aliphatic carbocycles. The number of hydrogen-bond donors (Lipinski definition) is 1. The van der Waals surface area contributed by atoms with E-state index >= 15 is 0 Å². The van der Waals surface area contributed by atoms with Gasteiger partial charge in [-0.2, -0.15) is 0 Å². The third-order valence-electron chi connectivity index (χ3n) is 2.78. The summed E-state index contributed by atoms with van der Waals surface area (Å²) in [6, 6.07) is 2.98. The minimum absolute atomic E-state index is 0.0236. The topological polar surface area (TPSA) is 68.7 Å². The number of carboxylic acid groups (broad SMARTS) is 1. The number of nitrogens with zero attached hydrogens (tertiary/aromatic N) is 1. The standard InChI is InChI=1S/C14H13F2NO4.C2H6/c1-20-3-2-4-21-13-7-12(14(18)19)17-11-6-10(16)9(15)5-8(11)13;1-2/h5-7H,2-4H2,1H3,(H,18,19);1-2H3. The number of methoxy groups -OCH3 is 1. The number of aromatic carboxylic acids is 1. The van der Waals surface area contributed by atoms with Crippen molar-refractivity contribution in [1.82, 2.24) is 4.98 Å². The summed E-state index contributed by atoms with van der Waals surface area (Å²) in [5.74, 6) is -3.27. The smallest absolute Gasteiger partial charge is 0.354 e. The van der Waals surface area contributed by atoms with Crippen LogP contribution < -0.4 is 4.74 Å². The maximum Gasteiger partial charge on any atom is 0.354 e. The average molecular weight is 327 g/mol. The molecule has 1 N–H and O–H groups in total. The lowest BCUT2D eigenvalue weighted by atomic mass is 10.1. The summed E-state index contributed by atoms with van der Waals surface area (Å²) in [4.78, 5) is 14.8. The average Bonchev–Trinajstić information content (AvgIpc) is 2.54. The van der Waals surface area contributed by atoms with Crippen LogP contribution >= 0.6 is 0 Å². The quantitative estimate of drug-likeness (QED) is 0.820. The minimum Gasteiger partial charge on any atom is -0.493 e. The minimum atomic E-state index is -1.27. The van der Waals surface area contributed by atoms with Crippen molar-refractivity contribution in [3.63, 3.8) is 0 Å². The molecule has 0 fully saturated rings. The highest BCUT2D eigenvalue weighted by atomic mass is 19.2. The number of rotatable bonds is 6. The molecular formula is C16H19F2NO4. The number of aromatic nitrogens is 1. The van der Waals surface area contributed by atoms with Crippen molar-refractivity contribution in [2.75, 3.05) is 20.3 Å². The molecule has 1 heterocycles. The van der Waals surface area contributed by atoms with Gasteiger partial charge in [0.05, 0.1) is 12.1 Å². The monoisotopic (exact) mass is 327 g/mol. The van der Waals surface area contributed by atoms with Gasteiger partial charge in [0.25, 0.3) is 0 Å². The van der Waals surface area contributed by atoms with E-state index in [0.717, 1.165) is 12.1 Å². The lowest BCUT2D eigenvalue weighted by Crippen LogP contribution is -2.06. The Morgan fingerprint density at radius 1 is 1.17 bits per heavy atom. The van der Waals surface area contributed by atoms with Crippen LogP contribution in [0.4, 0.5) is 8.78 Å². The van der Waals surface area contributed by atoms with Gasteiger partial charge >= 0.3 is 5.97 Å². The predicted octanol–water partition coefficient (Wildman–Crippen LogP) is 3.65. The molecule has 0 unspecified atom stereocenters. The molecule has 0 saturated carbocycles. The van der Waals surface area contributed by atoms with Gasteiger partial charge in [0, 0.05) is 37.7 Å². The summed E-state index contributed by atoms with van der Waals surface area (Å²) < 4.78 is 36.9. The normalized spacial score (nSPS) is 10.1.